The van der Waals surface area contributed by atoms with Gasteiger partial charge in [0, 0.05) is 17.7 Å². The highest BCUT2D eigenvalue weighted by Crippen LogP contribution is 2.32. The molecule has 3 rings (SSSR count). The predicted molar refractivity (Wildman–Crippen MR) is 106 cm³/mol. The van der Waals surface area contributed by atoms with Crippen molar-refractivity contribution in [2.75, 3.05) is 6.61 Å². The minimum atomic E-state index is -0.602. The average Bonchev–Trinajstić information content (AvgIpc) is 2.71. The van der Waals surface area contributed by atoms with Crippen molar-refractivity contribution in [2.45, 2.75) is 0 Å². The summed E-state index contributed by atoms with van der Waals surface area (Å²) < 4.78 is 6.23. The Morgan fingerprint density at radius 2 is 1.71 bits per heavy atom. The zero-order valence-corrected chi connectivity index (χ0v) is 15.9. The van der Waals surface area contributed by atoms with Gasteiger partial charge in [0.25, 0.3) is 17.5 Å². The summed E-state index contributed by atoms with van der Waals surface area (Å²) in [6, 6.07) is 16.3. The van der Waals surface area contributed by atoms with E-state index in [-0.39, 0.29) is 17.9 Å². The minimum absolute atomic E-state index is 0.130. The molecule has 0 fully saturated rings. The summed E-state index contributed by atoms with van der Waals surface area (Å²) in [4.78, 5) is 33.9. The Morgan fingerprint density at radius 1 is 1.00 bits per heavy atom. The number of nitrogens with zero attached hydrogens (tertiary/aromatic N) is 1. The molecule has 0 aliphatic heterocycles. The standard InChI is InChI=1S/C19H14BrN3O5/c20-18-15-4-2-1-3-12(15)7-10-16(18)28-11-17(24)21-22-19(25)13-5-8-14(9-6-13)23(26)27/h1-10H,11H2,(H,21,24)(H,22,25). The van der Waals surface area contributed by atoms with Crippen molar-refractivity contribution in [3.8, 4) is 5.75 Å². The highest BCUT2D eigenvalue weighted by atomic mass is 79.9. The number of ether oxygens (including phenoxy) is 1. The fourth-order valence-electron chi connectivity index (χ4n) is 2.44. The van der Waals surface area contributed by atoms with Crippen LogP contribution in [0.15, 0.2) is 65.1 Å². The Bertz CT molecular complexity index is 1050. The SMILES string of the molecule is O=C(COc1ccc2ccccc2c1Br)NNC(=O)c1ccc([N+](=O)[O-])cc1. The molecular weight excluding hydrogens is 430 g/mol. The van der Waals surface area contributed by atoms with Gasteiger partial charge in [0.2, 0.25) is 0 Å². The number of carbonyl (C=O) groups is 2. The quantitative estimate of drug-likeness (QED) is 0.463. The number of nitro groups is 1. The van der Waals surface area contributed by atoms with Crippen molar-refractivity contribution >= 4 is 44.2 Å². The first-order valence-corrected chi connectivity index (χ1v) is 8.88. The predicted octanol–water partition coefficient (Wildman–Crippen LogP) is 3.35. The molecule has 28 heavy (non-hydrogen) atoms. The smallest absolute Gasteiger partial charge is 0.276 e. The van der Waals surface area contributed by atoms with Crippen LogP contribution in [0, 0.1) is 10.1 Å². The molecule has 2 N–H and O–H groups in total. The van der Waals surface area contributed by atoms with Crippen LogP contribution in [0.3, 0.4) is 0 Å². The summed E-state index contributed by atoms with van der Waals surface area (Å²) >= 11 is 3.47. The Hall–Kier alpha value is -3.46. The van der Waals surface area contributed by atoms with E-state index in [1.165, 1.54) is 24.3 Å². The number of non-ortho nitro benzene ring substituents is 1. The maximum atomic E-state index is 12.0. The van der Waals surface area contributed by atoms with Gasteiger partial charge in [-0.15, -0.1) is 0 Å². The lowest BCUT2D eigenvalue weighted by Crippen LogP contribution is -2.43. The van der Waals surface area contributed by atoms with Crippen LogP contribution in [-0.2, 0) is 4.79 Å². The number of benzene rings is 3. The molecule has 0 aromatic heterocycles. The first kappa shape index (κ1) is 19.3. The number of halogens is 1. The monoisotopic (exact) mass is 443 g/mol. The summed E-state index contributed by atoms with van der Waals surface area (Å²) in [5.41, 5.74) is 4.50. The largest absolute Gasteiger partial charge is 0.483 e. The molecule has 0 unspecified atom stereocenters. The number of carbonyl (C=O) groups excluding carboxylic acids is 2. The van der Waals surface area contributed by atoms with Gasteiger partial charge in [-0.3, -0.25) is 30.6 Å². The number of fused-ring (bicyclic) bond motifs is 1. The molecule has 0 saturated heterocycles. The fraction of sp³-hybridized carbons (Fsp3) is 0.0526. The summed E-state index contributed by atoms with van der Waals surface area (Å²) in [5.74, 6) is -0.666. The molecule has 0 aliphatic carbocycles. The van der Waals surface area contributed by atoms with E-state index >= 15 is 0 Å². The van der Waals surface area contributed by atoms with Gasteiger partial charge in [0.1, 0.15) is 5.75 Å². The number of hydrogen-bond donors (Lipinski definition) is 2. The molecule has 0 atom stereocenters. The van der Waals surface area contributed by atoms with E-state index in [9.17, 15) is 19.7 Å². The van der Waals surface area contributed by atoms with Crippen LogP contribution >= 0.6 is 15.9 Å². The van der Waals surface area contributed by atoms with Crippen molar-refractivity contribution in [3.05, 3.63) is 80.8 Å². The first-order valence-electron chi connectivity index (χ1n) is 8.09. The van der Waals surface area contributed by atoms with Crippen LogP contribution in [0.1, 0.15) is 10.4 Å². The van der Waals surface area contributed by atoms with E-state index in [0.29, 0.717) is 5.75 Å². The molecule has 0 spiro atoms. The van der Waals surface area contributed by atoms with E-state index in [1.54, 1.807) is 6.07 Å². The third-order valence-electron chi connectivity index (χ3n) is 3.84. The lowest BCUT2D eigenvalue weighted by molar-refractivity contribution is -0.384. The van der Waals surface area contributed by atoms with Crippen molar-refractivity contribution in [3.63, 3.8) is 0 Å². The Balaban J connectivity index is 1.54. The topological polar surface area (TPSA) is 111 Å². The molecule has 9 heteroatoms. The first-order chi connectivity index (χ1) is 13.5. The Kier molecular flexibility index (Phi) is 5.85. The van der Waals surface area contributed by atoms with Crippen LogP contribution < -0.4 is 15.6 Å². The number of nitrogens with one attached hydrogen (secondary N) is 2. The van der Waals surface area contributed by atoms with E-state index in [0.717, 1.165) is 15.2 Å². The normalized spacial score (nSPS) is 10.3. The van der Waals surface area contributed by atoms with Crippen molar-refractivity contribution in [1.82, 2.24) is 10.9 Å². The van der Waals surface area contributed by atoms with E-state index in [2.05, 4.69) is 26.8 Å². The van der Waals surface area contributed by atoms with Crippen LogP contribution in [0.4, 0.5) is 5.69 Å². The third-order valence-corrected chi connectivity index (χ3v) is 4.66. The fourth-order valence-corrected chi connectivity index (χ4v) is 3.05. The molecule has 0 saturated carbocycles. The van der Waals surface area contributed by atoms with Crippen LogP contribution in [0.5, 0.6) is 5.75 Å². The summed E-state index contributed by atoms with van der Waals surface area (Å²) in [5, 5.41) is 12.6. The number of amides is 2. The minimum Gasteiger partial charge on any atom is -0.483 e. The second-order valence-corrected chi connectivity index (χ2v) is 6.49. The van der Waals surface area contributed by atoms with E-state index in [4.69, 9.17) is 4.74 Å². The Morgan fingerprint density at radius 3 is 2.43 bits per heavy atom. The zero-order valence-electron chi connectivity index (χ0n) is 14.3. The van der Waals surface area contributed by atoms with Gasteiger partial charge < -0.3 is 4.74 Å². The zero-order chi connectivity index (χ0) is 20.1. The molecule has 8 nitrogen and oxygen atoms in total. The molecule has 2 amide bonds. The summed E-state index contributed by atoms with van der Waals surface area (Å²) in [6.45, 7) is -0.308. The number of rotatable bonds is 5. The van der Waals surface area contributed by atoms with Crippen molar-refractivity contribution in [2.24, 2.45) is 0 Å². The van der Waals surface area contributed by atoms with Gasteiger partial charge in [-0.2, -0.15) is 0 Å². The molecule has 0 bridgehead atoms. The maximum Gasteiger partial charge on any atom is 0.276 e. The molecule has 0 heterocycles. The van der Waals surface area contributed by atoms with Gasteiger partial charge in [-0.1, -0.05) is 30.3 Å². The second kappa shape index (κ2) is 8.49. The van der Waals surface area contributed by atoms with Crippen LogP contribution in [0.25, 0.3) is 10.8 Å². The van der Waals surface area contributed by atoms with Gasteiger partial charge in [-0.25, -0.2) is 0 Å². The highest BCUT2D eigenvalue weighted by Gasteiger charge is 2.12. The number of hydrogen-bond acceptors (Lipinski definition) is 5. The van der Waals surface area contributed by atoms with E-state index in [1.807, 2.05) is 30.3 Å². The molecule has 3 aromatic rings. The van der Waals surface area contributed by atoms with Gasteiger partial charge in [0.15, 0.2) is 6.61 Å². The molecule has 0 aliphatic rings. The summed E-state index contributed by atoms with van der Waals surface area (Å²) in [6.07, 6.45) is 0. The van der Waals surface area contributed by atoms with Crippen LogP contribution in [-0.4, -0.2) is 23.3 Å². The number of hydrazine groups is 1. The van der Waals surface area contributed by atoms with Gasteiger partial charge in [-0.05, 0) is 44.9 Å². The Labute approximate surface area is 167 Å². The maximum absolute atomic E-state index is 12.0. The second-order valence-electron chi connectivity index (χ2n) is 5.69. The van der Waals surface area contributed by atoms with Crippen molar-refractivity contribution in [1.29, 1.82) is 0 Å². The van der Waals surface area contributed by atoms with Gasteiger partial charge in [0.05, 0.1) is 9.40 Å². The lowest BCUT2D eigenvalue weighted by Gasteiger charge is -2.11. The van der Waals surface area contributed by atoms with E-state index < -0.39 is 16.7 Å². The molecule has 3 aromatic carbocycles. The van der Waals surface area contributed by atoms with Crippen LogP contribution in [0.2, 0.25) is 0 Å². The lowest BCUT2D eigenvalue weighted by atomic mass is 10.1. The third kappa shape index (κ3) is 4.44. The van der Waals surface area contributed by atoms with Crippen molar-refractivity contribution < 1.29 is 19.2 Å². The summed E-state index contributed by atoms with van der Waals surface area (Å²) in [7, 11) is 0. The molecule has 142 valence electrons. The number of nitro benzene ring substituents is 1. The van der Waals surface area contributed by atoms with Gasteiger partial charge >= 0.3 is 0 Å². The average molecular weight is 444 g/mol. The molecule has 0 radical (unpaired) electrons. The highest BCUT2D eigenvalue weighted by molar-refractivity contribution is 9.10. The molecular formula is C19H14BrN3O5.